The number of hydrogen-bond acceptors (Lipinski definition) is 3. The van der Waals surface area contributed by atoms with Gasteiger partial charge in [-0.3, -0.25) is 0 Å². The van der Waals surface area contributed by atoms with E-state index in [2.05, 4.69) is 45.3 Å². The number of aliphatic hydroxyl groups excluding tert-OH is 1. The zero-order chi connectivity index (χ0) is 15.1. The Kier molecular flexibility index (Phi) is 8.02. The Morgan fingerprint density at radius 2 is 1.89 bits per heavy atom. The van der Waals surface area contributed by atoms with Crippen LogP contribution in [-0.4, -0.2) is 43.5 Å². The molecule has 3 N–H and O–H groups in total. The number of aliphatic hydroxyl groups is 1. The number of rotatable bonds is 7. The first-order valence-electron chi connectivity index (χ1n) is 6.88. The lowest BCUT2D eigenvalue weighted by Crippen LogP contribution is -2.48. The Morgan fingerprint density at radius 1 is 1.32 bits per heavy atom. The Balaban J connectivity index is 4.16. The van der Waals surface area contributed by atoms with E-state index in [1.807, 2.05) is 0 Å². The maximum Gasteiger partial charge on any atom is 0.315 e. The van der Waals surface area contributed by atoms with Gasteiger partial charge in [0.15, 0.2) is 0 Å². The lowest BCUT2D eigenvalue weighted by molar-refractivity contribution is 0.0193. The molecule has 0 spiro atoms. The molecule has 0 aromatic heterocycles. The fourth-order valence-corrected chi connectivity index (χ4v) is 1.91. The van der Waals surface area contributed by atoms with Crippen LogP contribution in [0.4, 0.5) is 4.79 Å². The molecular weight excluding hydrogens is 244 g/mol. The summed E-state index contributed by atoms with van der Waals surface area (Å²) >= 11 is 0. The number of methoxy groups -OCH3 is 1. The van der Waals surface area contributed by atoms with E-state index in [4.69, 9.17) is 4.74 Å². The Hall–Kier alpha value is -0.810. The number of carbonyl (C=O) groups is 1. The number of ether oxygens (including phenoxy) is 1. The van der Waals surface area contributed by atoms with Gasteiger partial charge in [0.1, 0.15) is 0 Å². The van der Waals surface area contributed by atoms with Crippen molar-refractivity contribution < 1.29 is 14.6 Å². The average Bonchev–Trinajstić information content (AvgIpc) is 2.26. The third-order valence-corrected chi connectivity index (χ3v) is 3.01. The molecule has 114 valence electrons. The van der Waals surface area contributed by atoms with Crippen molar-refractivity contribution in [1.82, 2.24) is 10.6 Å². The largest absolute Gasteiger partial charge is 0.394 e. The van der Waals surface area contributed by atoms with E-state index in [0.29, 0.717) is 12.5 Å². The summed E-state index contributed by atoms with van der Waals surface area (Å²) in [5.74, 6) is 0.429. The van der Waals surface area contributed by atoms with Crippen molar-refractivity contribution in [3.63, 3.8) is 0 Å². The predicted octanol–water partition coefficient (Wildman–Crippen LogP) is 1.75. The molecule has 0 aliphatic rings. The number of hydrogen-bond donors (Lipinski definition) is 3. The molecule has 0 aromatic rings. The van der Waals surface area contributed by atoms with E-state index in [9.17, 15) is 9.90 Å². The average molecular weight is 274 g/mol. The lowest BCUT2D eigenvalue weighted by Gasteiger charge is -2.29. The lowest BCUT2D eigenvalue weighted by atomic mass is 9.89. The van der Waals surface area contributed by atoms with Gasteiger partial charge < -0.3 is 20.5 Å². The highest BCUT2D eigenvalue weighted by atomic mass is 16.5. The van der Waals surface area contributed by atoms with Gasteiger partial charge >= 0.3 is 6.03 Å². The molecule has 0 fully saturated rings. The normalized spacial score (nSPS) is 15.2. The monoisotopic (exact) mass is 274 g/mol. The van der Waals surface area contributed by atoms with Crippen LogP contribution in [0.15, 0.2) is 0 Å². The third kappa shape index (κ3) is 8.06. The molecule has 0 aliphatic carbocycles. The van der Waals surface area contributed by atoms with Crippen LogP contribution < -0.4 is 10.6 Å². The highest BCUT2D eigenvalue weighted by Gasteiger charge is 2.25. The molecular formula is C14H30N2O3. The minimum atomic E-state index is -0.258. The van der Waals surface area contributed by atoms with Crippen LogP contribution in [0.25, 0.3) is 0 Å². The number of urea groups is 1. The third-order valence-electron chi connectivity index (χ3n) is 3.01. The van der Waals surface area contributed by atoms with Gasteiger partial charge in [-0.1, -0.05) is 34.6 Å². The first-order chi connectivity index (χ1) is 8.70. The van der Waals surface area contributed by atoms with Gasteiger partial charge in [0.2, 0.25) is 0 Å². The summed E-state index contributed by atoms with van der Waals surface area (Å²) in [4.78, 5) is 11.8. The maximum absolute atomic E-state index is 11.8. The predicted molar refractivity (Wildman–Crippen MR) is 77.1 cm³/mol. The fraction of sp³-hybridized carbons (Fsp3) is 0.929. The molecule has 5 nitrogen and oxygen atoms in total. The SMILES string of the molecule is COC(CNC(=O)NC(CO)CC(C)C)C(C)(C)C. The molecule has 0 aliphatic heterocycles. The second-order valence-electron chi connectivity index (χ2n) is 6.45. The van der Waals surface area contributed by atoms with E-state index >= 15 is 0 Å². The molecule has 0 aromatic carbocycles. The van der Waals surface area contributed by atoms with Gasteiger partial charge in [-0.2, -0.15) is 0 Å². The summed E-state index contributed by atoms with van der Waals surface area (Å²) in [5.41, 5.74) is -0.0314. The summed E-state index contributed by atoms with van der Waals surface area (Å²) in [6.07, 6.45) is 0.715. The Labute approximate surface area is 117 Å². The molecule has 2 unspecified atom stereocenters. The smallest absolute Gasteiger partial charge is 0.315 e. The van der Waals surface area contributed by atoms with Crippen molar-refractivity contribution >= 4 is 6.03 Å². The van der Waals surface area contributed by atoms with E-state index in [1.54, 1.807) is 7.11 Å². The van der Waals surface area contributed by atoms with Crippen LogP contribution in [0.1, 0.15) is 41.0 Å². The van der Waals surface area contributed by atoms with Gasteiger partial charge in [-0.05, 0) is 17.8 Å². The first kappa shape index (κ1) is 18.2. The fourth-order valence-electron chi connectivity index (χ4n) is 1.91. The molecule has 2 amide bonds. The molecule has 0 bridgehead atoms. The van der Waals surface area contributed by atoms with Crippen LogP contribution in [0.3, 0.4) is 0 Å². The second-order valence-corrected chi connectivity index (χ2v) is 6.45. The van der Waals surface area contributed by atoms with Crippen LogP contribution in [0, 0.1) is 11.3 Å². The summed E-state index contributed by atoms with van der Waals surface area (Å²) < 4.78 is 5.37. The van der Waals surface area contributed by atoms with Gasteiger partial charge in [0.05, 0.1) is 18.8 Å². The summed E-state index contributed by atoms with van der Waals surface area (Å²) in [5, 5.41) is 14.8. The number of carbonyl (C=O) groups excluding carboxylic acids is 1. The molecule has 0 heterocycles. The molecule has 5 heteroatoms. The molecule has 19 heavy (non-hydrogen) atoms. The minimum absolute atomic E-state index is 0.0314. The molecule has 0 saturated heterocycles. The minimum Gasteiger partial charge on any atom is -0.394 e. The van der Waals surface area contributed by atoms with E-state index in [-0.39, 0.29) is 30.2 Å². The van der Waals surface area contributed by atoms with E-state index in [0.717, 1.165) is 6.42 Å². The quantitative estimate of drug-likeness (QED) is 0.662. The Morgan fingerprint density at radius 3 is 2.26 bits per heavy atom. The Bertz CT molecular complexity index is 262. The molecule has 0 radical (unpaired) electrons. The standard InChI is InChI=1S/C14H30N2O3/c1-10(2)7-11(9-17)16-13(18)15-8-12(19-6)14(3,4)5/h10-12,17H,7-9H2,1-6H3,(H2,15,16,18). The topological polar surface area (TPSA) is 70.6 Å². The molecule has 2 atom stereocenters. The van der Waals surface area contributed by atoms with Gasteiger partial charge in [-0.25, -0.2) is 4.79 Å². The van der Waals surface area contributed by atoms with Gasteiger partial charge in [0.25, 0.3) is 0 Å². The summed E-state index contributed by atoms with van der Waals surface area (Å²) in [6, 6.07) is -0.457. The van der Waals surface area contributed by atoms with Crippen molar-refractivity contribution in [1.29, 1.82) is 0 Å². The van der Waals surface area contributed by atoms with Crippen molar-refractivity contribution in [3.8, 4) is 0 Å². The first-order valence-corrected chi connectivity index (χ1v) is 6.88. The van der Waals surface area contributed by atoms with Crippen molar-refractivity contribution in [2.45, 2.75) is 53.2 Å². The van der Waals surface area contributed by atoms with Crippen molar-refractivity contribution in [3.05, 3.63) is 0 Å². The molecule has 0 rings (SSSR count). The number of nitrogens with one attached hydrogen (secondary N) is 2. The summed E-state index contributed by atoms with van der Waals surface area (Å²) in [7, 11) is 1.64. The second kappa shape index (κ2) is 8.38. The highest BCUT2D eigenvalue weighted by Crippen LogP contribution is 2.20. The van der Waals surface area contributed by atoms with Crippen molar-refractivity contribution in [2.24, 2.45) is 11.3 Å². The zero-order valence-corrected chi connectivity index (χ0v) is 13.1. The van der Waals surface area contributed by atoms with Crippen LogP contribution in [0.5, 0.6) is 0 Å². The molecule has 0 saturated carbocycles. The van der Waals surface area contributed by atoms with Crippen LogP contribution in [0.2, 0.25) is 0 Å². The highest BCUT2D eigenvalue weighted by molar-refractivity contribution is 5.74. The van der Waals surface area contributed by atoms with E-state index < -0.39 is 0 Å². The van der Waals surface area contributed by atoms with Crippen LogP contribution >= 0.6 is 0 Å². The maximum atomic E-state index is 11.8. The van der Waals surface area contributed by atoms with Gasteiger partial charge in [-0.15, -0.1) is 0 Å². The van der Waals surface area contributed by atoms with Crippen molar-refractivity contribution in [2.75, 3.05) is 20.3 Å². The number of amides is 2. The van der Waals surface area contributed by atoms with Crippen LogP contribution in [-0.2, 0) is 4.74 Å². The van der Waals surface area contributed by atoms with Gasteiger partial charge in [0, 0.05) is 13.7 Å². The zero-order valence-electron chi connectivity index (χ0n) is 13.1. The van der Waals surface area contributed by atoms with E-state index in [1.165, 1.54) is 0 Å². The summed E-state index contributed by atoms with van der Waals surface area (Å²) in [6.45, 7) is 10.7.